The molecule has 1 atom stereocenters. The Labute approximate surface area is 218 Å². The fraction of sp³-hybridized carbons (Fsp3) is 0.536. The molecule has 9 heteroatoms. The van der Waals surface area contributed by atoms with E-state index in [4.69, 9.17) is 4.74 Å². The monoisotopic (exact) mass is 509 g/mol. The third-order valence-electron chi connectivity index (χ3n) is 7.19. The molecular weight excluding hydrogens is 470 g/mol. The first-order chi connectivity index (χ1) is 17.3. The highest BCUT2D eigenvalue weighted by molar-refractivity contribution is 5.92. The highest BCUT2D eigenvalue weighted by Crippen LogP contribution is 2.38. The first-order valence-electron chi connectivity index (χ1n) is 12.9. The van der Waals surface area contributed by atoms with Crippen LogP contribution in [-0.2, 0) is 11.8 Å². The van der Waals surface area contributed by atoms with Crippen molar-refractivity contribution < 1.29 is 19.4 Å². The van der Waals surface area contributed by atoms with Crippen molar-refractivity contribution in [3.63, 3.8) is 0 Å². The average molecular weight is 510 g/mol. The summed E-state index contributed by atoms with van der Waals surface area (Å²) in [6.07, 6.45) is 5.51. The van der Waals surface area contributed by atoms with Gasteiger partial charge in [0.1, 0.15) is 11.4 Å². The number of carboxylic acid groups (broad SMARTS) is 1. The predicted octanol–water partition coefficient (Wildman–Crippen LogP) is 5.08. The highest BCUT2D eigenvalue weighted by atomic mass is 16.6. The molecule has 1 aliphatic heterocycles. The first kappa shape index (κ1) is 26.7. The van der Waals surface area contributed by atoms with Gasteiger partial charge in [-0.1, -0.05) is 13.8 Å². The van der Waals surface area contributed by atoms with Gasteiger partial charge in [0.05, 0.1) is 11.1 Å². The predicted molar refractivity (Wildman–Crippen MR) is 143 cm³/mol. The van der Waals surface area contributed by atoms with Crippen LogP contribution in [0.3, 0.4) is 0 Å². The van der Waals surface area contributed by atoms with Gasteiger partial charge in [-0.2, -0.15) is 0 Å². The number of hydrogen-bond donors (Lipinski definition) is 1. The number of pyridine rings is 1. The van der Waals surface area contributed by atoms with Crippen molar-refractivity contribution in [1.29, 1.82) is 0 Å². The summed E-state index contributed by atoms with van der Waals surface area (Å²) in [6, 6.07) is 1.74. The Morgan fingerprint density at radius 2 is 1.76 bits per heavy atom. The molecule has 1 aliphatic rings. The van der Waals surface area contributed by atoms with E-state index < -0.39 is 11.6 Å². The zero-order chi connectivity index (χ0) is 27.2. The standard InChI is InChI=1S/C28H39N5O4/c1-17(2)23-21(25-29-9-10-30(25)8)16-33-22(23)15-20(26(34)35)18(3)24(33)19(4)31-11-13-32(14-12-31)27(36)37-28(5,6)7/h9-10,15-17,19H,11-14H2,1-8H3,(H,34,35). The molecule has 3 aromatic rings. The molecule has 0 radical (unpaired) electrons. The third kappa shape index (κ3) is 5.09. The minimum atomic E-state index is -0.933. The molecule has 1 saturated heterocycles. The summed E-state index contributed by atoms with van der Waals surface area (Å²) >= 11 is 0. The average Bonchev–Trinajstić information content (AvgIpc) is 3.39. The molecule has 9 nitrogen and oxygen atoms in total. The number of piperazine rings is 1. The SMILES string of the molecule is Cc1c(C(=O)O)cc2c(C(C)C)c(-c3nccn3C)cn2c1C(C)N1CCN(C(=O)OC(C)(C)C)CC1. The lowest BCUT2D eigenvalue weighted by Gasteiger charge is -2.39. The second kappa shape index (κ2) is 9.85. The Morgan fingerprint density at radius 3 is 2.27 bits per heavy atom. The number of fused-ring (bicyclic) bond motifs is 1. The molecule has 1 N–H and O–H groups in total. The van der Waals surface area contributed by atoms with Crippen LogP contribution in [0.15, 0.2) is 24.7 Å². The summed E-state index contributed by atoms with van der Waals surface area (Å²) in [6.45, 7) is 16.3. The number of rotatable bonds is 5. The van der Waals surface area contributed by atoms with Gasteiger partial charge in [0.2, 0.25) is 0 Å². The van der Waals surface area contributed by atoms with Gasteiger partial charge in [-0.05, 0) is 57.7 Å². The van der Waals surface area contributed by atoms with Gasteiger partial charge in [0, 0.05) is 69.1 Å². The van der Waals surface area contributed by atoms with E-state index in [9.17, 15) is 14.7 Å². The molecular formula is C28H39N5O4. The zero-order valence-electron chi connectivity index (χ0n) is 23.2. The van der Waals surface area contributed by atoms with E-state index in [1.807, 2.05) is 45.5 Å². The molecule has 1 fully saturated rings. The van der Waals surface area contributed by atoms with E-state index in [1.165, 1.54) is 0 Å². The molecule has 0 aromatic carbocycles. The van der Waals surface area contributed by atoms with Gasteiger partial charge in [0.15, 0.2) is 0 Å². The molecule has 1 amide bonds. The van der Waals surface area contributed by atoms with Crippen molar-refractivity contribution >= 4 is 17.6 Å². The van der Waals surface area contributed by atoms with Gasteiger partial charge in [-0.3, -0.25) is 4.90 Å². The van der Waals surface area contributed by atoms with Crippen LogP contribution in [0, 0.1) is 6.92 Å². The van der Waals surface area contributed by atoms with E-state index >= 15 is 0 Å². The third-order valence-corrected chi connectivity index (χ3v) is 7.19. The molecule has 4 heterocycles. The molecule has 0 spiro atoms. The first-order valence-corrected chi connectivity index (χ1v) is 12.9. The minimum absolute atomic E-state index is 0.0655. The Hall–Kier alpha value is -3.33. The number of aryl methyl sites for hydroxylation is 1. The van der Waals surface area contributed by atoms with Crippen molar-refractivity contribution in [2.75, 3.05) is 26.2 Å². The Bertz CT molecular complexity index is 1320. The number of nitrogens with zero attached hydrogens (tertiary/aromatic N) is 5. The van der Waals surface area contributed by atoms with Crippen LogP contribution in [0.25, 0.3) is 16.9 Å². The lowest BCUT2D eigenvalue weighted by Crippen LogP contribution is -2.50. The Morgan fingerprint density at radius 1 is 1.11 bits per heavy atom. The second-order valence-electron chi connectivity index (χ2n) is 11.3. The number of ether oxygens (including phenoxy) is 1. The number of hydrogen-bond acceptors (Lipinski definition) is 5. The van der Waals surface area contributed by atoms with Gasteiger partial charge < -0.3 is 23.7 Å². The maximum Gasteiger partial charge on any atom is 0.410 e. The van der Waals surface area contributed by atoms with E-state index in [2.05, 4.69) is 41.3 Å². The van der Waals surface area contributed by atoms with Crippen molar-refractivity contribution in [3.05, 3.63) is 47.0 Å². The number of carboxylic acids is 1. The summed E-state index contributed by atoms with van der Waals surface area (Å²) in [5.41, 5.74) is 4.46. The number of carbonyl (C=O) groups is 2. The Balaban J connectivity index is 1.76. The summed E-state index contributed by atoms with van der Waals surface area (Å²) in [5, 5.41) is 10.1. The van der Waals surface area contributed by atoms with E-state index in [0.29, 0.717) is 31.7 Å². The molecule has 200 valence electrons. The van der Waals surface area contributed by atoms with Gasteiger partial charge in [-0.15, -0.1) is 0 Å². The smallest absolute Gasteiger partial charge is 0.410 e. The van der Waals surface area contributed by atoms with Crippen molar-refractivity contribution in [2.24, 2.45) is 7.05 Å². The summed E-state index contributed by atoms with van der Waals surface area (Å²) in [7, 11) is 1.97. The zero-order valence-corrected chi connectivity index (χ0v) is 23.2. The number of carbonyl (C=O) groups excluding carboxylic acids is 1. The van der Waals surface area contributed by atoms with Gasteiger partial charge in [0.25, 0.3) is 0 Å². The van der Waals surface area contributed by atoms with Crippen molar-refractivity contribution in [3.8, 4) is 11.4 Å². The van der Waals surface area contributed by atoms with Crippen LogP contribution in [-0.4, -0.2) is 72.7 Å². The topological polar surface area (TPSA) is 92.3 Å². The fourth-order valence-electron chi connectivity index (χ4n) is 5.38. The summed E-state index contributed by atoms with van der Waals surface area (Å²) in [4.78, 5) is 33.5. The Kier molecular flexibility index (Phi) is 7.12. The van der Waals surface area contributed by atoms with Crippen LogP contribution in [0.5, 0.6) is 0 Å². The van der Waals surface area contributed by atoms with Gasteiger partial charge >= 0.3 is 12.1 Å². The number of amides is 1. The van der Waals surface area contributed by atoms with Crippen molar-refractivity contribution in [2.45, 2.75) is 66.0 Å². The number of imidazole rings is 1. The summed E-state index contributed by atoms with van der Waals surface area (Å²) < 4.78 is 9.70. The van der Waals surface area contributed by atoms with E-state index in [1.54, 1.807) is 17.2 Å². The van der Waals surface area contributed by atoms with Crippen LogP contribution in [0.4, 0.5) is 4.79 Å². The molecule has 37 heavy (non-hydrogen) atoms. The minimum Gasteiger partial charge on any atom is -0.478 e. The maximum atomic E-state index is 12.6. The van der Waals surface area contributed by atoms with E-state index in [0.717, 1.165) is 33.7 Å². The maximum absolute atomic E-state index is 12.6. The summed E-state index contributed by atoms with van der Waals surface area (Å²) in [5.74, 6) is 0.0886. The van der Waals surface area contributed by atoms with Crippen LogP contribution >= 0.6 is 0 Å². The van der Waals surface area contributed by atoms with Gasteiger partial charge in [-0.25, -0.2) is 14.6 Å². The lowest BCUT2D eigenvalue weighted by atomic mass is 9.96. The quantitative estimate of drug-likeness (QED) is 0.515. The molecule has 0 aliphatic carbocycles. The van der Waals surface area contributed by atoms with E-state index in [-0.39, 0.29) is 18.1 Å². The molecule has 1 unspecified atom stereocenters. The second-order valence-corrected chi connectivity index (χ2v) is 11.3. The molecule has 4 rings (SSSR count). The highest BCUT2D eigenvalue weighted by Gasteiger charge is 2.31. The fourth-order valence-corrected chi connectivity index (χ4v) is 5.38. The van der Waals surface area contributed by atoms with Crippen LogP contribution in [0.2, 0.25) is 0 Å². The lowest BCUT2D eigenvalue weighted by molar-refractivity contribution is 0.0107. The van der Waals surface area contributed by atoms with Crippen molar-refractivity contribution in [1.82, 2.24) is 23.8 Å². The molecule has 3 aromatic heterocycles. The normalized spacial score (nSPS) is 16.0. The number of aromatic nitrogens is 3. The molecule has 0 bridgehead atoms. The largest absolute Gasteiger partial charge is 0.478 e. The van der Waals surface area contributed by atoms with Crippen LogP contribution < -0.4 is 0 Å². The molecule has 0 saturated carbocycles. The van der Waals surface area contributed by atoms with Crippen LogP contribution in [0.1, 0.15) is 80.7 Å². The number of aromatic carboxylic acids is 1.